The molecule has 0 fully saturated rings. The quantitative estimate of drug-likeness (QED) is 0.339. The summed E-state index contributed by atoms with van der Waals surface area (Å²) in [6.07, 6.45) is 3.09. The summed E-state index contributed by atoms with van der Waals surface area (Å²) < 4.78 is 12.3. The maximum Gasteiger partial charge on any atom is 0.331 e. The van der Waals surface area contributed by atoms with E-state index in [1.807, 2.05) is 80.1 Å². The molecule has 4 aromatic rings. The van der Waals surface area contributed by atoms with E-state index in [0.717, 1.165) is 33.8 Å². The molecule has 0 spiro atoms. The molecule has 0 radical (unpaired) electrons. The molecule has 0 N–H and O–H groups in total. The van der Waals surface area contributed by atoms with Crippen molar-refractivity contribution in [3.8, 4) is 17.1 Å². The molecule has 0 aliphatic rings. The molecule has 7 nitrogen and oxygen atoms in total. The molecule has 2 aromatic carbocycles. The molecule has 2 aromatic heterocycles. The molecular weight excluding hydrogens is 392 g/mol. The second-order valence-electron chi connectivity index (χ2n) is 7.15. The zero-order chi connectivity index (χ0) is 21.8. The van der Waals surface area contributed by atoms with E-state index in [1.165, 1.54) is 6.08 Å². The second-order valence-corrected chi connectivity index (χ2v) is 7.15. The third kappa shape index (κ3) is 4.61. The van der Waals surface area contributed by atoms with Crippen LogP contribution in [-0.2, 0) is 16.1 Å². The van der Waals surface area contributed by atoms with Crippen LogP contribution in [0.1, 0.15) is 28.4 Å². The van der Waals surface area contributed by atoms with E-state index in [9.17, 15) is 4.79 Å². The summed E-state index contributed by atoms with van der Waals surface area (Å²) >= 11 is 0. The van der Waals surface area contributed by atoms with Crippen molar-refractivity contribution >= 4 is 12.0 Å². The Morgan fingerprint density at radius 2 is 1.81 bits per heavy atom. The van der Waals surface area contributed by atoms with Gasteiger partial charge < -0.3 is 9.26 Å². The highest BCUT2D eigenvalue weighted by molar-refractivity contribution is 5.87. The number of carbonyl (C=O) groups excluding carboxylic acids is 1. The Hall–Kier alpha value is -4.00. The zero-order valence-electron chi connectivity index (χ0n) is 17.6. The molecule has 0 saturated heterocycles. The maximum atomic E-state index is 12.2. The van der Waals surface area contributed by atoms with Gasteiger partial charge in [0, 0.05) is 22.9 Å². The van der Waals surface area contributed by atoms with Gasteiger partial charge in [-0.1, -0.05) is 53.2 Å². The van der Waals surface area contributed by atoms with Crippen LogP contribution in [0.25, 0.3) is 23.2 Å². The van der Waals surface area contributed by atoms with Gasteiger partial charge in [0.15, 0.2) is 6.61 Å². The SMILES string of the molecule is Cc1ccc(-c2noc(COC(=O)/C=C/c3c(C)nn(-c4ccccc4)c3C)n2)cc1. The molecule has 0 atom stereocenters. The van der Waals surface area contributed by atoms with Crippen LogP contribution < -0.4 is 0 Å². The fraction of sp³-hybridized carbons (Fsp3) is 0.167. The summed E-state index contributed by atoms with van der Waals surface area (Å²) in [6, 6.07) is 17.6. The molecule has 0 unspecified atom stereocenters. The summed E-state index contributed by atoms with van der Waals surface area (Å²) in [5, 5.41) is 8.50. The minimum Gasteiger partial charge on any atom is -0.452 e. The van der Waals surface area contributed by atoms with E-state index in [-0.39, 0.29) is 12.5 Å². The number of hydrogen-bond acceptors (Lipinski definition) is 6. The molecule has 4 rings (SSSR count). The van der Waals surface area contributed by atoms with Crippen LogP contribution >= 0.6 is 0 Å². The van der Waals surface area contributed by atoms with Crippen LogP contribution in [0.2, 0.25) is 0 Å². The van der Waals surface area contributed by atoms with E-state index in [0.29, 0.717) is 5.82 Å². The number of aryl methyl sites for hydroxylation is 2. The van der Waals surface area contributed by atoms with Crippen LogP contribution in [-0.4, -0.2) is 25.9 Å². The van der Waals surface area contributed by atoms with Crippen molar-refractivity contribution in [2.75, 3.05) is 0 Å². The number of ether oxygens (including phenoxy) is 1. The Kier molecular flexibility index (Phi) is 5.75. The maximum absolute atomic E-state index is 12.2. The molecule has 31 heavy (non-hydrogen) atoms. The van der Waals surface area contributed by atoms with E-state index >= 15 is 0 Å². The Morgan fingerprint density at radius 3 is 2.55 bits per heavy atom. The summed E-state index contributed by atoms with van der Waals surface area (Å²) in [4.78, 5) is 16.5. The van der Waals surface area contributed by atoms with Crippen LogP contribution in [0.5, 0.6) is 0 Å². The molecule has 7 heteroatoms. The average Bonchev–Trinajstić information content (AvgIpc) is 3.36. The van der Waals surface area contributed by atoms with Gasteiger partial charge in [-0.2, -0.15) is 10.1 Å². The lowest BCUT2D eigenvalue weighted by Gasteiger charge is -2.03. The highest BCUT2D eigenvalue weighted by Crippen LogP contribution is 2.19. The standard InChI is InChI=1S/C24H22N4O3/c1-16-9-11-19(12-10-16)24-25-22(31-27-24)15-30-23(29)14-13-21-17(2)26-28(18(21)3)20-7-5-4-6-8-20/h4-14H,15H2,1-3H3/b14-13+. The predicted octanol–water partition coefficient (Wildman–Crippen LogP) is 4.60. The first kappa shape index (κ1) is 20.3. The van der Waals surface area contributed by atoms with Gasteiger partial charge in [-0.15, -0.1) is 0 Å². The van der Waals surface area contributed by atoms with Crippen molar-refractivity contribution in [2.24, 2.45) is 0 Å². The number of para-hydroxylation sites is 1. The van der Waals surface area contributed by atoms with E-state index in [2.05, 4.69) is 15.2 Å². The minimum absolute atomic E-state index is 0.0940. The lowest BCUT2D eigenvalue weighted by Crippen LogP contribution is -2.01. The van der Waals surface area contributed by atoms with Gasteiger partial charge in [0.1, 0.15) is 0 Å². The Balaban J connectivity index is 1.40. The second kappa shape index (κ2) is 8.79. The molecule has 0 saturated carbocycles. The summed E-state index contributed by atoms with van der Waals surface area (Å²) in [7, 11) is 0. The third-order valence-corrected chi connectivity index (χ3v) is 4.85. The highest BCUT2D eigenvalue weighted by Gasteiger charge is 2.12. The van der Waals surface area contributed by atoms with Crippen molar-refractivity contribution in [3.63, 3.8) is 0 Å². The number of aromatic nitrogens is 4. The third-order valence-electron chi connectivity index (χ3n) is 4.85. The van der Waals surface area contributed by atoms with Crippen LogP contribution in [0.4, 0.5) is 0 Å². The summed E-state index contributed by atoms with van der Waals surface area (Å²) in [5.74, 6) is 0.198. The number of rotatable bonds is 6. The van der Waals surface area contributed by atoms with Crippen molar-refractivity contribution in [2.45, 2.75) is 27.4 Å². The molecule has 0 aliphatic carbocycles. The molecule has 156 valence electrons. The smallest absolute Gasteiger partial charge is 0.331 e. The van der Waals surface area contributed by atoms with E-state index < -0.39 is 5.97 Å². The van der Waals surface area contributed by atoms with Gasteiger partial charge in [-0.25, -0.2) is 9.48 Å². The highest BCUT2D eigenvalue weighted by atomic mass is 16.6. The molecule has 2 heterocycles. The number of nitrogens with zero attached hydrogens (tertiary/aromatic N) is 4. The van der Waals surface area contributed by atoms with Crippen LogP contribution in [0, 0.1) is 20.8 Å². The molecule has 0 bridgehead atoms. The Labute approximate surface area is 180 Å². The first-order valence-electron chi connectivity index (χ1n) is 9.87. The number of esters is 1. The van der Waals surface area contributed by atoms with Gasteiger partial charge in [0.05, 0.1) is 11.4 Å². The molecule has 0 amide bonds. The molecule has 0 aliphatic heterocycles. The van der Waals surface area contributed by atoms with Gasteiger partial charge in [0.2, 0.25) is 5.82 Å². The summed E-state index contributed by atoms with van der Waals surface area (Å²) in [5.41, 5.74) is 5.59. The van der Waals surface area contributed by atoms with Crippen molar-refractivity contribution < 1.29 is 14.1 Å². The van der Waals surface area contributed by atoms with Gasteiger partial charge >= 0.3 is 5.97 Å². The fourth-order valence-electron chi connectivity index (χ4n) is 3.18. The van der Waals surface area contributed by atoms with Gasteiger partial charge in [-0.3, -0.25) is 0 Å². The average molecular weight is 414 g/mol. The van der Waals surface area contributed by atoms with Gasteiger partial charge in [-0.05, 0) is 39.0 Å². The monoisotopic (exact) mass is 414 g/mol. The molecular formula is C24H22N4O3. The van der Waals surface area contributed by atoms with Crippen LogP contribution in [0.15, 0.2) is 65.2 Å². The first-order chi connectivity index (χ1) is 15.0. The topological polar surface area (TPSA) is 83.0 Å². The Morgan fingerprint density at radius 1 is 1.06 bits per heavy atom. The lowest BCUT2D eigenvalue weighted by atomic mass is 10.1. The van der Waals surface area contributed by atoms with Crippen molar-refractivity contribution in [1.82, 2.24) is 19.9 Å². The number of benzene rings is 2. The Bertz CT molecular complexity index is 1220. The van der Waals surface area contributed by atoms with Crippen molar-refractivity contribution in [1.29, 1.82) is 0 Å². The number of carbonyl (C=O) groups is 1. The van der Waals surface area contributed by atoms with E-state index in [1.54, 1.807) is 6.08 Å². The summed E-state index contributed by atoms with van der Waals surface area (Å²) in [6.45, 7) is 5.78. The number of hydrogen-bond donors (Lipinski definition) is 0. The first-order valence-corrected chi connectivity index (χ1v) is 9.87. The van der Waals surface area contributed by atoms with E-state index in [4.69, 9.17) is 9.26 Å². The van der Waals surface area contributed by atoms with Crippen LogP contribution in [0.3, 0.4) is 0 Å². The zero-order valence-corrected chi connectivity index (χ0v) is 17.6. The normalized spacial score (nSPS) is 11.2. The van der Waals surface area contributed by atoms with Gasteiger partial charge in [0.25, 0.3) is 5.89 Å². The van der Waals surface area contributed by atoms with Crippen molar-refractivity contribution in [3.05, 3.63) is 89.1 Å². The largest absolute Gasteiger partial charge is 0.452 e. The lowest BCUT2D eigenvalue weighted by molar-refractivity contribution is -0.139. The predicted molar refractivity (Wildman–Crippen MR) is 116 cm³/mol. The fourth-order valence-corrected chi connectivity index (χ4v) is 3.18. The minimum atomic E-state index is -0.499.